The van der Waals surface area contributed by atoms with Crippen molar-refractivity contribution < 1.29 is 8.42 Å². The molecule has 2 heterocycles. The van der Waals surface area contributed by atoms with Crippen molar-refractivity contribution in [1.82, 2.24) is 4.57 Å². The Balaban J connectivity index is 2.78. The molecule has 0 spiro atoms. The molecule has 82 valence electrons. The van der Waals surface area contributed by atoms with Crippen molar-refractivity contribution in [2.75, 3.05) is 0 Å². The highest BCUT2D eigenvalue weighted by atomic mass is 32.2. The fourth-order valence-corrected chi connectivity index (χ4v) is 3.12. The number of hydrogen-bond acceptors (Lipinski definition) is 2. The van der Waals surface area contributed by atoms with E-state index in [2.05, 4.69) is 4.40 Å². The molecule has 1 aromatic heterocycles. The summed E-state index contributed by atoms with van der Waals surface area (Å²) in [6.45, 7) is 5.89. The summed E-state index contributed by atoms with van der Waals surface area (Å²) in [5.74, 6) is 0. The second-order valence-electron chi connectivity index (χ2n) is 4.80. The van der Waals surface area contributed by atoms with Gasteiger partial charge in [-0.05, 0) is 6.07 Å². The van der Waals surface area contributed by atoms with Gasteiger partial charge in [0.25, 0.3) is 10.0 Å². The zero-order valence-corrected chi connectivity index (χ0v) is 10.1. The molecular formula is C10H14N2O2S. The van der Waals surface area contributed by atoms with E-state index in [4.69, 9.17) is 0 Å². The van der Waals surface area contributed by atoms with E-state index in [1.165, 1.54) is 0 Å². The van der Waals surface area contributed by atoms with Crippen LogP contribution in [0, 0.1) is 5.41 Å². The summed E-state index contributed by atoms with van der Waals surface area (Å²) in [7, 11) is -1.62. The SMILES string of the molecule is Cn1ccc2c1C(C(C)(C)C)=NS2(=O)=O. The van der Waals surface area contributed by atoms with Crippen molar-refractivity contribution in [2.24, 2.45) is 16.9 Å². The molecule has 0 aliphatic carbocycles. The molecule has 0 radical (unpaired) electrons. The highest BCUT2D eigenvalue weighted by molar-refractivity contribution is 7.90. The van der Waals surface area contributed by atoms with E-state index < -0.39 is 10.0 Å². The molecule has 1 aliphatic rings. The molecule has 0 saturated heterocycles. The van der Waals surface area contributed by atoms with E-state index >= 15 is 0 Å². The number of nitrogens with zero attached hydrogens (tertiary/aromatic N) is 2. The van der Waals surface area contributed by atoms with E-state index in [1.54, 1.807) is 12.3 Å². The number of hydrogen-bond donors (Lipinski definition) is 0. The molecule has 4 nitrogen and oxygen atoms in total. The van der Waals surface area contributed by atoms with Gasteiger partial charge in [0.2, 0.25) is 0 Å². The predicted octanol–water partition coefficient (Wildman–Crippen LogP) is 1.56. The lowest BCUT2D eigenvalue weighted by Crippen LogP contribution is -2.22. The molecule has 1 aromatic rings. The molecule has 0 bridgehead atoms. The molecule has 0 N–H and O–H groups in total. The molecule has 0 atom stereocenters. The van der Waals surface area contributed by atoms with Crippen LogP contribution >= 0.6 is 0 Å². The quantitative estimate of drug-likeness (QED) is 0.674. The summed E-state index contributed by atoms with van der Waals surface area (Å²) in [6.07, 6.45) is 1.75. The lowest BCUT2D eigenvalue weighted by molar-refractivity contribution is 0.586. The second-order valence-corrected chi connectivity index (χ2v) is 6.38. The highest BCUT2D eigenvalue weighted by Crippen LogP contribution is 2.34. The van der Waals surface area contributed by atoms with Gasteiger partial charge in [-0.15, -0.1) is 0 Å². The minimum Gasteiger partial charge on any atom is -0.348 e. The summed E-state index contributed by atoms with van der Waals surface area (Å²) in [5.41, 5.74) is 1.11. The van der Waals surface area contributed by atoms with Crippen LogP contribution in [0.5, 0.6) is 0 Å². The molecule has 0 amide bonds. The molecule has 2 rings (SSSR count). The van der Waals surface area contributed by atoms with Crippen molar-refractivity contribution in [2.45, 2.75) is 25.7 Å². The molecule has 0 aromatic carbocycles. The van der Waals surface area contributed by atoms with Gasteiger partial charge in [0.05, 0.1) is 11.4 Å². The largest absolute Gasteiger partial charge is 0.348 e. The zero-order chi connectivity index (χ0) is 11.4. The summed E-state index contributed by atoms with van der Waals surface area (Å²) in [5, 5.41) is 0. The van der Waals surface area contributed by atoms with E-state index in [0.717, 1.165) is 5.69 Å². The number of rotatable bonds is 0. The number of aromatic nitrogens is 1. The van der Waals surface area contributed by atoms with Crippen LogP contribution in [0.2, 0.25) is 0 Å². The Morgan fingerprint density at radius 2 is 1.93 bits per heavy atom. The second kappa shape index (κ2) is 2.72. The van der Waals surface area contributed by atoms with Crippen molar-refractivity contribution in [3.05, 3.63) is 18.0 Å². The molecule has 0 saturated carbocycles. The van der Waals surface area contributed by atoms with Gasteiger partial charge in [0.15, 0.2) is 0 Å². The first kappa shape index (κ1) is 10.4. The smallest absolute Gasteiger partial charge is 0.284 e. The summed E-state index contributed by atoms with van der Waals surface area (Å²) < 4.78 is 29.1. The van der Waals surface area contributed by atoms with Crippen LogP contribution in [0.25, 0.3) is 0 Å². The summed E-state index contributed by atoms with van der Waals surface area (Å²) >= 11 is 0. The Morgan fingerprint density at radius 3 is 2.47 bits per heavy atom. The van der Waals surface area contributed by atoms with E-state index in [9.17, 15) is 8.42 Å². The molecule has 15 heavy (non-hydrogen) atoms. The monoisotopic (exact) mass is 226 g/mol. The van der Waals surface area contributed by atoms with E-state index in [1.807, 2.05) is 32.4 Å². The Bertz CT molecular complexity index is 544. The Kier molecular flexibility index (Phi) is 1.89. The van der Waals surface area contributed by atoms with Gasteiger partial charge < -0.3 is 4.57 Å². The minimum atomic E-state index is -3.45. The van der Waals surface area contributed by atoms with Crippen LogP contribution in [0.3, 0.4) is 0 Å². The van der Waals surface area contributed by atoms with Crippen molar-refractivity contribution in [3.63, 3.8) is 0 Å². The van der Waals surface area contributed by atoms with Crippen LogP contribution in [0.4, 0.5) is 0 Å². The van der Waals surface area contributed by atoms with Gasteiger partial charge in [0, 0.05) is 18.7 Å². The van der Waals surface area contributed by atoms with Gasteiger partial charge in [0.1, 0.15) is 4.90 Å². The highest BCUT2D eigenvalue weighted by Gasteiger charge is 2.36. The van der Waals surface area contributed by atoms with Crippen molar-refractivity contribution in [3.8, 4) is 0 Å². The van der Waals surface area contributed by atoms with Crippen molar-refractivity contribution >= 4 is 15.7 Å². The normalized spacial score (nSPS) is 18.8. The van der Waals surface area contributed by atoms with Gasteiger partial charge in [-0.25, -0.2) is 0 Å². The third-order valence-corrected chi connectivity index (χ3v) is 3.77. The van der Waals surface area contributed by atoms with Gasteiger partial charge >= 0.3 is 0 Å². The minimum absolute atomic E-state index is 0.259. The summed E-state index contributed by atoms with van der Waals surface area (Å²) in [6, 6.07) is 1.60. The third-order valence-electron chi connectivity index (χ3n) is 2.46. The maximum absolute atomic E-state index is 11.7. The number of fused-ring (bicyclic) bond motifs is 1. The average Bonchev–Trinajstić information content (AvgIpc) is 2.52. The van der Waals surface area contributed by atoms with Gasteiger partial charge in [-0.1, -0.05) is 20.8 Å². The molecular weight excluding hydrogens is 212 g/mol. The standard InChI is InChI=1S/C10H14N2O2S/c1-10(2,3)9-8-7(5-6-12(8)4)15(13,14)11-9/h5-6H,1-4H3. The third kappa shape index (κ3) is 1.42. The van der Waals surface area contributed by atoms with Crippen LogP contribution < -0.4 is 0 Å². The van der Waals surface area contributed by atoms with Crippen LogP contribution in [-0.4, -0.2) is 18.7 Å². The first-order chi connectivity index (χ1) is 6.73. The molecule has 0 fully saturated rings. The van der Waals surface area contributed by atoms with E-state index in [-0.39, 0.29) is 5.41 Å². The molecule has 0 unspecified atom stereocenters. The van der Waals surface area contributed by atoms with Gasteiger partial charge in [-0.2, -0.15) is 12.8 Å². The predicted molar refractivity (Wildman–Crippen MR) is 58.6 cm³/mol. The van der Waals surface area contributed by atoms with Gasteiger partial charge in [-0.3, -0.25) is 0 Å². The average molecular weight is 226 g/mol. The fraction of sp³-hybridized carbons (Fsp3) is 0.500. The van der Waals surface area contributed by atoms with Crippen LogP contribution in [0.1, 0.15) is 26.5 Å². The number of sulfonamides is 1. The zero-order valence-electron chi connectivity index (χ0n) is 9.27. The fourth-order valence-electron chi connectivity index (χ4n) is 1.70. The lowest BCUT2D eigenvalue weighted by Gasteiger charge is -2.18. The maximum Gasteiger partial charge on any atom is 0.284 e. The van der Waals surface area contributed by atoms with Crippen LogP contribution in [0.15, 0.2) is 21.6 Å². The lowest BCUT2D eigenvalue weighted by atomic mass is 9.88. The number of aryl methyl sites for hydroxylation is 1. The Hall–Kier alpha value is -1.10. The van der Waals surface area contributed by atoms with Crippen molar-refractivity contribution in [1.29, 1.82) is 0 Å². The Morgan fingerprint density at radius 1 is 1.33 bits per heavy atom. The Labute approximate surface area is 89.7 Å². The summed E-state index contributed by atoms with van der Waals surface area (Å²) in [4.78, 5) is 0.329. The first-order valence-electron chi connectivity index (χ1n) is 4.74. The maximum atomic E-state index is 11.7. The van der Waals surface area contributed by atoms with Crippen LogP contribution in [-0.2, 0) is 17.1 Å². The molecule has 5 heteroatoms. The molecule has 1 aliphatic heterocycles. The first-order valence-corrected chi connectivity index (χ1v) is 6.18. The van der Waals surface area contributed by atoms with E-state index in [0.29, 0.717) is 10.6 Å². The topological polar surface area (TPSA) is 51.4 Å².